The molecular weight excluding hydrogens is 250 g/mol. The first-order valence-electron chi connectivity index (χ1n) is 6.27. The number of ether oxygens (including phenoxy) is 1. The fourth-order valence-corrected chi connectivity index (χ4v) is 2.24. The maximum Gasteiger partial charge on any atom is 0.161 e. The van der Waals surface area contributed by atoms with Gasteiger partial charge >= 0.3 is 0 Å². The molecule has 0 unspecified atom stereocenters. The lowest BCUT2D eigenvalue weighted by molar-refractivity contribution is 0.0337. The lowest BCUT2D eigenvalue weighted by Crippen LogP contribution is -2.35. The summed E-state index contributed by atoms with van der Waals surface area (Å²) in [5.74, 6) is -1.70. The third kappa shape index (κ3) is 2.72. The molecule has 0 aliphatic carbocycles. The number of rotatable bonds is 2. The van der Waals surface area contributed by atoms with E-state index in [-0.39, 0.29) is 0 Å². The Morgan fingerprint density at radius 2 is 1.84 bits per heavy atom. The number of hydrogen-bond acceptors (Lipinski definition) is 3. The van der Waals surface area contributed by atoms with Gasteiger partial charge in [0.15, 0.2) is 11.6 Å². The summed E-state index contributed by atoms with van der Waals surface area (Å²) in [5.41, 5.74) is 1.35. The van der Waals surface area contributed by atoms with Crippen LogP contribution in [0.25, 0.3) is 10.9 Å². The van der Waals surface area contributed by atoms with Crippen molar-refractivity contribution in [3.8, 4) is 0 Å². The third-order valence-corrected chi connectivity index (χ3v) is 3.28. The molecule has 2 heterocycles. The van der Waals surface area contributed by atoms with E-state index in [2.05, 4.69) is 9.88 Å². The van der Waals surface area contributed by atoms with Gasteiger partial charge in [0.1, 0.15) is 0 Å². The van der Waals surface area contributed by atoms with Crippen LogP contribution in [0, 0.1) is 11.6 Å². The van der Waals surface area contributed by atoms with Gasteiger partial charge in [0.05, 0.1) is 24.4 Å². The highest BCUT2D eigenvalue weighted by molar-refractivity contribution is 5.78. The van der Waals surface area contributed by atoms with Crippen LogP contribution in [0.1, 0.15) is 5.69 Å². The zero-order chi connectivity index (χ0) is 13.2. The second-order valence-corrected chi connectivity index (χ2v) is 4.65. The molecular formula is C14H14F2N2O. The zero-order valence-corrected chi connectivity index (χ0v) is 10.4. The smallest absolute Gasteiger partial charge is 0.161 e. The van der Waals surface area contributed by atoms with E-state index in [9.17, 15) is 8.78 Å². The molecule has 3 rings (SSSR count). The van der Waals surface area contributed by atoms with Gasteiger partial charge in [-0.2, -0.15) is 0 Å². The van der Waals surface area contributed by atoms with Crippen molar-refractivity contribution in [3.63, 3.8) is 0 Å². The standard InChI is InChI=1S/C14H14F2N2O/c15-12-7-10-1-2-11(17-14(10)8-13(12)16)9-18-3-5-19-6-4-18/h1-2,7-8H,3-6,9H2. The molecule has 0 spiro atoms. The molecule has 1 saturated heterocycles. The molecule has 1 aliphatic heterocycles. The molecule has 0 saturated carbocycles. The van der Waals surface area contributed by atoms with Gasteiger partial charge in [-0.3, -0.25) is 9.88 Å². The van der Waals surface area contributed by atoms with Gasteiger partial charge < -0.3 is 4.74 Å². The van der Waals surface area contributed by atoms with E-state index < -0.39 is 11.6 Å². The van der Waals surface area contributed by atoms with Crippen molar-refractivity contribution in [3.05, 3.63) is 41.6 Å². The Labute approximate surface area is 109 Å². The van der Waals surface area contributed by atoms with Crippen LogP contribution in [-0.2, 0) is 11.3 Å². The Kier molecular flexibility index (Phi) is 3.40. The van der Waals surface area contributed by atoms with Crippen LogP contribution in [0.2, 0.25) is 0 Å². The highest BCUT2D eigenvalue weighted by Crippen LogP contribution is 2.18. The minimum absolute atomic E-state index is 0.490. The molecule has 0 amide bonds. The van der Waals surface area contributed by atoms with Crippen LogP contribution in [0.5, 0.6) is 0 Å². The Morgan fingerprint density at radius 3 is 2.63 bits per heavy atom. The highest BCUT2D eigenvalue weighted by atomic mass is 19.2. The number of aromatic nitrogens is 1. The molecule has 1 fully saturated rings. The van der Waals surface area contributed by atoms with E-state index >= 15 is 0 Å². The maximum absolute atomic E-state index is 13.2. The summed E-state index contributed by atoms with van der Waals surface area (Å²) >= 11 is 0. The van der Waals surface area contributed by atoms with Gasteiger partial charge in [0.2, 0.25) is 0 Å². The minimum atomic E-state index is -0.858. The molecule has 3 nitrogen and oxygen atoms in total. The summed E-state index contributed by atoms with van der Waals surface area (Å²) in [5, 5.41) is 0.615. The second-order valence-electron chi connectivity index (χ2n) is 4.65. The maximum atomic E-state index is 13.2. The zero-order valence-electron chi connectivity index (χ0n) is 10.4. The molecule has 1 aromatic carbocycles. The number of halogens is 2. The van der Waals surface area contributed by atoms with Gasteiger partial charge in [-0.15, -0.1) is 0 Å². The average Bonchev–Trinajstić information content (AvgIpc) is 2.42. The molecule has 19 heavy (non-hydrogen) atoms. The molecule has 0 radical (unpaired) electrons. The van der Waals surface area contributed by atoms with Gasteiger partial charge in [-0.25, -0.2) is 8.78 Å². The predicted molar refractivity (Wildman–Crippen MR) is 67.8 cm³/mol. The van der Waals surface area contributed by atoms with Crippen molar-refractivity contribution in [2.75, 3.05) is 26.3 Å². The summed E-state index contributed by atoms with van der Waals surface area (Å²) in [4.78, 5) is 6.62. The minimum Gasteiger partial charge on any atom is -0.379 e. The lowest BCUT2D eigenvalue weighted by Gasteiger charge is -2.26. The van der Waals surface area contributed by atoms with Crippen LogP contribution in [-0.4, -0.2) is 36.2 Å². The number of hydrogen-bond donors (Lipinski definition) is 0. The van der Waals surface area contributed by atoms with E-state index in [0.717, 1.165) is 38.1 Å². The van der Waals surface area contributed by atoms with Gasteiger partial charge in [-0.1, -0.05) is 6.07 Å². The summed E-state index contributed by atoms with van der Waals surface area (Å²) in [7, 11) is 0. The average molecular weight is 264 g/mol. The van der Waals surface area contributed by atoms with E-state index in [0.29, 0.717) is 17.4 Å². The SMILES string of the molecule is Fc1cc2ccc(CN3CCOCC3)nc2cc1F. The van der Waals surface area contributed by atoms with Crippen molar-refractivity contribution in [2.45, 2.75) is 6.54 Å². The normalized spacial score (nSPS) is 16.9. The monoisotopic (exact) mass is 264 g/mol. The number of nitrogens with zero attached hydrogens (tertiary/aromatic N) is 2. The van der Waals surface area contributed by atoms with Crippen LogP contribution < -0.4 is 0 Å². The molecule has 1 aliphatic rings. The van der Waals surface area contributed by atoms with E-state index in [1.54, 1.807) is 6.07 Å². The van der Waals surface area contributed by atoms with Crippen molar-refractivity contribution >= 4 is 10.9 Å². The molecule has 1 aromatic heterocycles. The van der Waals surface area contributed by atoms with Crippen LogP contribution in [0.15, 0.2) is 24.3 Å². The fraction of sp³-hybridized carbons (Fsp3) is 0.357. The first-order valence-corrected chi connectivity index (χ1v) is 6.27. The number of benzene rings is 1. The number of fused-ring (bicyclic) bond motifs is 1. The first kappa shape index (κ1) is 12.4. The molecule has 0 atom stereocenters. The van der Waals surface area contributed by atoms with Crippen molar-refractivity contribution < 1.29 is 13.5 Å². The molecule has 0 N–H and O–H groups in total. The Balaban J connectivity index is 1.86. The molecule has 5 heteroatoms. The molecule has 2 aromatic rings. The quantitative estimate of drug-likeness (QED) is 0.832. The van der Waals surface area contributed by atoms with Crippen molar-refractivity contribution in [1.82, 2.24) is 9.88 Å². The predicted octanol–water partition coefficient (Wildman–Crippen LogP) is 2.35. The Morgan fingerprint density at radius 1 is 1.11 bits per heavy atom. The van der Waals surface area contributed by atoms with E-state index in [4.69, 9.17) is 4.74 Å². The summed E-state index contributed by atoms with van der Waals surface area (Å²) in [6.45, 7) is 3.91. The Bertz CT molecular complexity index is 597. The van der Waals surface area contributed by atoms with Gasteiger partial charge in [0.25, 0.3) is 0 Å². The van der Waals surface area contributed by atoms with Crippen molar-refractivity contribution in [1.29, 1.82) is 0 Å². The second kappa shape index (κ2) is 5.19. The third-order valence-electron chi connectivity index (χ3n) is 3.28. The van der Waals surface area contributed by atoms with Gasteiger partial charge in [0, 0.05) is 31.1 Å². The topological polar surface area (TPSA) is 25.4 Å². The van der Waals surface area contributed by atoms with Crippen LogP contribution in [0.3, 0.4) is 0 Å². The van der Waals surface area contributed by atoms with E-state index in [1.165, 1.54) is 6.07 Å². The largest absolute Gasteiger partial charge is 0.379 e. The number of morpholine rings is 1. The van der Waals surface area contributed by atoms with Crippen LogP contribution >= 0.6 is 0 Å². The molecule has 100 valence electrons. The highest BCUT2D eigenvalue weighted by Gasteiger charge is 2.12. The van der Waals surface area contributed by atoms with E-state index in [1.807, 2.05) is 6.07 Å². The summed E-state index contributed by atoms with van der Waals surface area (Å²) < 4.78 is 31.6. The van der Waals surface area contributed by atoms with Crippen LogP contribution in [0.4, 0.5) is 8.78 Å². The first-order chi connectivity index (χ1) is 9.22. The number of pyridine rings is 1. The Hall–Kier alpha value is -1.59. The molecule has 0 bridgehead atoms. The fourth-order valence-electron chi connectivity index (χ4n) is 2.24. The van der Waals surface area contributed by atoms with Crippen molar-refractivity contribution in [2.24, 2.45) is 0 Å². The van der Waals surface area contributed by atoms with Gasteiger partial charge in [-0.05, 0) is 12.1 Å². The summed E-state index contributed by atoms with van der Waals surface area (Å²) in [6, 6.07) is 5.96. The summed E-state index contributed by atoms with van der Waals surface area (Å²) in [6.07, 6.45) is 0. The lowest BCUT2D eigenvalue weighted by atomic mass is 10.2.